The summed E-state index contributed by atoms with van der Waals surface area (Å²) in [5.41, 5.74) is 1.54. The van der Waals surface area contributed by atoms with Crippen LogP contribution in [0.2, 0.25) is 5.02 Å². The Labute approximate surface area is 192 Å². The fourth-order valence-electron chi connectivity index (χ4n) is 3.75. The number of hydrogen-bond acceptors (Lipinski definition) is 5. The van der Waals surface area contributed by atoms with Crippen LogP contribution in [0.5, 0.6) is 0 Å². The number of amides is 2. The third-order valence-electron chi connectivity index (χ3n) is 5.52. The molecule has 0 radical (unpaired) electrons. The molecule has 1 heterocycles. The number of piperidine rings is 1. The minimum Gasteiger partial charge on any atom is -0.366 e. The molecule has 0 saturated carbocycles. The number of nitrogens with zero attached hydrogens (tertiary/aromatic N) is 3. The smallest absolute Gasteiger partial charge is 0.293 e. The average molecular weight is 459 g/mol. The zero-order valence-corrected chi connectivity index (χ0v) is 18.8. The zero-order valence-electron chi connectivity index (χ0n) is 18.1. The molecule has 2 aromatic carbocycles. The molecule has 9 heteroatoms. The Morgan fingerprint density at radius 3 is 2.44 bits per heavy atom. The molecule has 8 nitrogen and oxygen atoms in total. The van der Waals surface area contributed by atoms with Crippen LogP contribution in [0.1, 0.15) is 42.1 Å². The number of carbonyl (C=O) groups is 2. The molecule has 3 rings (SSSR count). The number of hydrogen-bond donors (Lipinski definition) is 1. The van der Waals surface area contributed by atoms with Gasteiger partial charge in [0.05, 0.1) is 11.5 Å². The second-order valence-corrected chi connectivity index (χ2v) is 8.17. The van der Waals surface area contributed by atoms with Crippen LogP contribution in [0, 0.1) is 10.1 Å². The van der Waals surface area contributed by atoms with E-state index >= 15 is 0 Å². The van der Waals surface area contributed by atoms with Crippen LogP contribution in [0.4, 0.5) is 11.4 Å². The van der Waals surface area contributed by atoms with Crippen LogP contribution in [0.25, 0.3) is 0 Å². The first-order chi connectivity index (χ1) is 15.4. The van der Waals surface area contributed by atoms with Crippen LogP contribution in [-0.4, -0.2) is 47.8 Å². The van der Waals surface area contributed by atoms with E-state index in [1.807, 2.05) is 17.0 Å². The monoisotopic (exact) mass is 458 g/mol. The Morgan fingerprint density at radius 1 is 1.12 bits per heavy atom. The maximum absolute atomic E-state index is 13.0. The van der Waals surface area contributed by atoms with Crippen LogP contribution in [-0.2, 0) is 11.3 Å². The number of benzene rings is 2. The third-order valence-corrected chi connectivity index (χ3v) is 5.77. The number of likely N-dealkylation sites (N-methyl/N-ethyl adjacent to an activating group) is 1. The maximum atomic E-state index is 13.0. The topological polar surface area (TPSA) is 95.8 Å². The molecule has 1 saturated heterocycles. The van der Waals surface area contributed by atoms with Crippen LogP contribution in [0.3, 0.4) is 0 Å². The number of carbonyl (C=O) groups excluding carboxylic acids is 2. The Bertz CT molecular complexity index is 974. The summed E-state index contributed by atoms with van der Waals surface area (Å²) in [7, 11) is 0. The van der Waals surface area contributed by atoms with Gasteiger partial charge in [0.15, 0.2) is 0 Å². The summed E-state index contributed by atoms with van der Waals surface area (Å²) in [5, 5.41) is 15.1. The molecule has 0 unspecified atom stereocenters. The molecule has 32 heavy (non-hydrogen) atoms. The number of nitrogens with one attached hydrogen (secondary N) is 1. The number of anilines is 1. The summed E-state index contributed by atoms with van der Waals surface area (Å²) >= 11 is 5.86. The summed E-state index contributed by atoms with van der Waals surface area (Å²) in [6.07, 6.45) is 3.10. The molecule has 0 spiro atoms. The molecule has 2 amide bonds. The maximum Gasteiger partial charge on any atom is 0.293 e. The lowest BCUT2D eigenvalue weighted by Crippen LogP contribution is -2.40. The first-order valence-electron chi connectivity index (χ1n) is 10.7. The highest BCUT2D eigenvalue weighted by Gasteiger charge is 2.25. The summed E-state index contributed by atoms with van der Waals surface area (Å²) in [5.74, 6) is -0.725. The lowest BCUT2D eigenvalue weighted by atomic mass is 10.1. The Morgan fingerprint density at radius 2 is 1.81 bits per heavy atom. The minimum atomic E-state index is -0.449. The molecule has 0 atom stereocenters. The molecular formula is C23H27ClN4O4. The minimum absolute atomic E-state index is 0.0824. The summed E-state index contributed by atoms with van der Waals surface area (Å²) in [4.78, 5) is 40.0. The molecule has 0 aliphatic carbocycles. The third kappa shape index (κ3) is 5.97. The second kappa shape index (κ2) is 10.9. The molecule has 0 bridgehead atoms. The van der Waals surface area contributed by atoms with E-state index in [1.54, 1.807) is 31.2 Å². The Kier molecular flexibility index (Phi) is 8.05. The summed E-state index contributed by atoms with van der Waals surface area (Å²) in [6.45, 7) is 3.78. The van der Waals surface area contributed by atoms with Gasteiger partial charge in [0, 0.05) is 42.8 Å². The van der Waals surface area contributed by atoms with E-state index in [2.05, 4.69) is 5.32 Å². The van der Waals surface area contributed by atoms with E-state index in [9.17, 15) is 19.7 Å². The largest absolute Gasteiger partial charge is 0.366 e. The van der Waals surface area contributed by atoms with Gasteiger partial charge in [0.25, 0.3) is 11.6 Å². The van der Waals surface area contributed by atoms with E-state index < -0.39 is 10.8 Å². The lowest BCUT2D eigenvalue weighted by molar-refractivity contribution is -0.384. The quantitative estimate of drug-likeness (QED) is 0.476. The zero-order chi connectivity index (χ0) is 23.1. The fraction of sp³-hybridized carbons (Fsp3) is 0.391. The van der Waals surface area contributed by atoms with Gasteiger partial charge >= 0.3 is 0 Å². The van der Waals surface area contributed by atoms with Gasteiger partial charge in [-0.2, -0.15) is 0 Å². The first-order valence-corrected chi connectivity index (χ1v) is 11.1. The molecule has 1 fully saturated rings. The molecule has 1 N–H and O–H groups in total. The number of rotatable bonds is 8. The van der Waals surface area contributed by atoms with Crippen molar-refractivity contribution < 1.29 is 14.5 Å². The van der Waals surface area contributed by atoms with E-state index in [4.69, 9.17) is 11.6 Å². The van der Waals surface area contributed by atoms with E-state index in [-0.39, 0.29) is 23.7 Å². The first kappa shape index (κ1) is 23.5. The molecule has 0 aromatic heterocycles. The SMILES string of the molecule is CCN(CC(=O)NCc1ccc(Cl)cc1)C(=O)c1ccc(N2CCCCC2)c([N+](=O)[O-])c1. The van der Waals surface area contributed by atoms with Gasteiger partial charge in [0.2, 0.25) is 5.91 Å². The highest BCUT2D eigenvalue weighted by molar-refractivity contribution is 6.30. The van der Waals surface area contributed by atoms with Crippen LogP contribution < -0.4 is 10.2 Å². The molecule has 2 aromatic rings. The molecule has 1 aliphatic rings. The lowest BCUT2D eigenvalue weighted by Gasteiger charge is -2.28. The predicted octanol–water partition coefficient (Wildman–Crippen LogP) is 4.02. The number of halogens is 1. The standard InChI is InChI=1S/C23H27ClN4O4/c1-2-26(16-22(29)25-15-17-6-9-19(24)10-7-17)23(30)18-8-11-20(21(14-18)28(31)32)27-12-4-3-5-13-27/h6-11,14H,2-5,12-13,15-16H2,1H3,(H,25,29). The van der Waals surface area contributed by atoms with Gasteiger partial charge in [0.1, 0.15) is 5.69 Å². The molecule has 1 aliphatic heterocycles. The Hall–Kier alpha value is -3.13. The number of nitro benzene ring substituents is 1. The molecular weight excluding hydrogens is 432 g/mol. The fourth-order valence-corrected chi connectivity index (χ4v) is 3.87. The van der Waals surface area contributed by atoms with Gasteiger partial charge in [-0.3, -0.25) is 19.7 Å². The summed E-state index contributed by atoms with van der Waals surface area (Å²) in [6, 6.07) is 11.7. The van der Waals surface area contributed by atoms with Crippen molar-refractivity contribution in [1.29, 1.82) is 0 Å². The highest BCUT2D eigenvalue weighted by atomic mass is 35.5. The van der Waals surface area contributed by atoms with E-state index in [0.29, 0.717) is 23.8 Å². The van der Waals surface area contributed by atoms with Crippen molar-refractivity contribution in [3.8, 4) is 0 Å². The second-order valence-electron chi connectivity index (χ2n) is 7.73. The van der Waals surface area contributed by atoms with Crippen molar-refractivity contribution in [3.05, 3.63) is 68.7 Å². The van der Waals surface area contributed by atoms with Crippen molar-refractivity contribution in [1.82, 2.24) is 10.2 Å². The molecule has 170 valence electrons. The van der Waals surface area contributed by atoms with Crippen molar-refractivity contribution in [2.24, 2.45) is 0 Å². The highest BCUT2D eigenvalue weighted by Crippen LogP contribution is 2.31. The summed E-state index contributed by atoms with van der Waals surface area (Å²) < 4.78 is 0. The Balaban J connectivity index is 1.68. The average Bonchev–Trinajstić information content (AvgIpc) is 2.82. The van der Waals surface area contributed by atoms with Gasteiger partial charge < -0.3 is 15.1 Å². The van der Waals surface area contributed by atoms with Gasteiger partial charge in [-0.1, -0.05) is 23.7 Å². The van der Waals surface area contributed by atoms with Gasteiger partial charge in [-0.25, -0.2) is 0 Å². The van der Waals surface area contributed by atoms with E-state index in [0.717, 1.165) is 37.9 Å². The van der Waals surface area contributed by atoms with Gasteiger partial charge in [-0.15, -0.1) is 0 Å². The predicted molar refractivity (Wildman–Crippen MR) is 124 cm³/mol. The number of nitro groups is 1. The van der Waals surface area contributed by atoms with Gasteiger partial charge in [-0.05, 0) is 56.0 Å². The van der Waals surface area contributed by atoms with Crippen LogP contribution >= 0.6 is 11.6 Å². The van der Waals surface area contributed by atoms with Crippen molar-refractivity contribution >= 4 is 34.8 Å². The van der Waals surface area contributed by atoms with Crippen molar-refractivity contribution in [2.75, 3.05) is 31.1 Å². The van der Waals surface area contributed by atoms with Crippen LogP contribution in [0.15, 0.2) is 42.5 Å². The normalized spacial score (nSPS) is 13.5. The van der Waals surface area contributed by atoms with Crippen molar-refractivity contribution in [3.63, 3.8) is 0 Å². The van der Waals surface area contributed by atoms with E-state index in [1.165, 1.54) is 11.0 Å². The van der Waals surface area contributed by atoms with Crippen molar-refractivity contribution in [2.45, 2.75) is 32.7 Å².